The summed E-state index contributed by atoms with van der Waals surface area (Å²) in [5.41, 5.74) is 3.07. The summed E-state index contributed by atoms with van der Waals surface area (Å²) in [5, 5.41) is 28.7. The molecule has 198 valence electrons. The fourth-order valence-corrected chi connectivity index (χ4v) is 4.67. The highest BCUT2D eigenvalue weighted by Crippen LogP contribution is 2.35. The molecule has 1 heterocycles. The van der Waals surface area contributed by atoms with Gasteiger partial charge in [0.1, 0.15) is 11.8 Å². The lowest BCUT2D eigenvalue weighted by Crippen LogP contribution is -2.31. The summed E-state index contributed by atoms with van der Waals surface area (Å²) < 4.78 is 0. The largest absolute Gasteiger partial charge is 0.372 e. The van der Waals surface area contributed by atoms with Crippen LogP contribution in [0.4, 0.5) is 22.7 Å². The number of halogens is 1. The van der Waals surface area contributed by atoms with Crippen molar-refractivity contribution in [3.63, 3.8) is 0 Å². The number of anilines is 1. The second kappa shape index (κ2) is 11.8. The molecule has 3 aromatic rings. The highest BCUT2D eigenvalue weighted by molar-refractivity contribution is 6.33. The Hall–Kier alpha value is -4.62. The number of aryl methyl sites for hydroxylation is 1. The Balaban J connectivity index is 1.39. The van der Waals surface area contributed by atoms with Crippen LogP contribution in [-0.2, 0) is 0 Å². The minimum atomic E-state index is -0.624. The molecule has 0 unspecified atom stereocenters. The Bertz CT molecular complexity index is 1500. The van der Waals surface area contributed by atoms with Gasteiger partial charge in [0.15, 0.2) is 0 Å². The fourth-order valence-electron chi connectivity index (χ4n) is 4.41. The first-order valence-corrected chi connectivity index (χ1v) is 12.7. The van der Waals surface area contributed by atoms with Gasteiger partial charge < -0.3 is 4.90 Å². The third-order valence-electron chi connectivity index (χ3n) is 6.50. The van der Waals surface area contributed by atoms with E-state index in [-0.39, 0.29) is 33.8 Å². The van der Waals surface area contributed by atoms with Gasteiger partial charge in [-0.2, -0.15) is 10.4 Å². The fraction of sp³-hybridized carbons (Fsp3) is 0.250. The molecule has 10 nitrogen and oxygen atoms in total. The third kappa shape index (κ3) is 5.78. The minimum Gasteiger partial charge on any atom is -0.372 e. The summed E-state index contributed by atoms with van der Waals surface area (Å²) in [7, 11) is 0. The number of nitro groups is 1. The summed E-state index contributed by atoms with van der Waals surface area (Å²) >= 11 is 6.13. The Labute approximate surface area is 230 Å². The van der Waals surface area contributed by atoms with Crippen molar-refractivity contribution < 1.29 is 14.5 Å². The summed E-state index contributed by atoms with van der Waals surface area (Å²) in [4.78, 5) is 39.0. The molecule has 0 bridgehead atoms. The molecule has 2 amide bonds. The number of carbonyl (C=O) groups excluding carboxylic acids is 2. The SMILES string of the molecule is CCN(CCCCN1C(=O)c2ccccc2C1=O)c1ccc(N=Nc2c(Cl)cc([N+](=O)[O-])cc2C#N)c(C)c1. The van der Waals surface area contributed by atoms with Crippen LogP contribution in [0.15, 0.2) is 64.8 Å². The molecule has 0 aliphatic carbocycles. The lowest BCUT2D eigenvalue weighted by atomic mass is 10.1. The molecule has 4 rings (SSSR count). The number of unbranched alkanes of at least 4 members (excludes halogenated alkanes) is 1. The second-order valence-corrected chi connectivity index (χ2v) is 9.36. The number of nitriles is 1. The second-order valence-electron chi connectivity index (χ2n) is 8.96. The molecule has 39 heavy (non-hydrogen) atoms. The maximum absolute atomic E-state index is 12.6. The molecular weight excluding hydrogens is 520 g/mol. The molecule has 1 aliphatic heterocycles. The van der Waals surface area contributed by atoms with Crippen LogP contribution in [0.3, 0.4) is 0 Å². The van der Waals surface area contributed by atoms with Gasteiger partial charge in [0.25, 0.3) is 17.5 Å². The van der Waals surface area contributed by atoms with E-state index in [0.29, 0.717) is 29.8 Å². The topological polar surface area (TPSA) is 132 Å². The van der Waals surface area contributed by atoms with Crippen molar-refractivity contribution >= 4 is 46.2 Å². The zero-order chi connectivity index (χ0) is 28.1. The monoisotopic (exact) mass is 544 g/mol. The van der Waals surface area contributed by atoms with E-state index in [0.717, 1.165) is 42.9 Å². The van der Waals surface area contributed by atoms with Gasteiger partial charge in [0.05, 0.1) is 32.3 Å². The zero-order valence-electron chi connectivity index (χ0n) is 21.4. The van der Waals surface area contributed by atoms with Gasteiger partial charge in [0, 0.05) is 37.5 Å². The molecule has 0 aromatic heterocycles. The number of azo groups is 1. The molecule has 0 fully saturated rings. The van der Waals surface area contributed by atoms with Gasteiger partial charge in [-0.1, -0.05) is 23.7 Å². The van der Waals surface area contributed by atoms with Crippen LogP contribution < -0.4 is 4.90 Å². The van der Waals surface area contributed by atoms with Crippen LogP contribution in [0.25, 0.3) is 0 Å². The molecule has 0 N–H and O–H groups in total. The highest BCUT2D eigenvalue weighted by atomic mass is 35.5. The standard InChI is InChI=1S/C28H25ClN6O4/c1-3-33(12-6-7-13-34-27(36)22-8-4-5-9-23(22)28(34)37)20-10-11-25(18(2)14-20)31-32-26-19(17-30)15-21(35(38)39)16-24(26)29/h4-5,8-11,14-16H,3,6-7,12-13H2,1-2H3. The van der Waals surface area contributed by atoms with Crippen molar-refractivity contribution in [2.45, 2.75) is 26.7 Å². The van der Waals surface area contributed by atoms with Gasteiger partial charge in [-0.05, 0) is 62.6 Å². The number of hydrogen-bond donors (Lipinski definition) is 0. The molecule has 0 spiro atoms. The van der Waals surface area contributed by atoms with Gasteiger partial charge in [0.2, 0.25) is 0 Å². The number of non-ortho nitro benzene ring substituents is 1. The maximum atomic E-state index is 12.6. The van der Waals surface area contributed by atoms with Crippen molar-refractivity contribution in [1.29, 1.82) is 5.26 Å². The average molecular weight is 545 g/mol. The van der Waals surface area contributed by atoms with E-state index in [4.69, 9.17) is 11.6 Å². The van der Waals surface area contributed by atoms with Gasteiger partial charge in [-0.15, -0.1) is 5.11 Å². The first kappa shape index (κ1) is 27.4. The quantitative estimate of drug-likeness (QED) is 0.0911. The average Bonchev–Trinajstić information content (AvgIpc) is 3.17. The molecule has 11 heteroatoms. The van der Waals surface area contributed by atoms with Crippen molar-refractivity contribution in [3.8, 4) is 6.07 Å². The van der Waals surface area contributed by atoms with Gasteiger partial charge in [-0.25, -0.2) is 0 Å². The van der Waals surface area contributed by atoms with E-state index < -0.39 is 4.92 Å². The van der Waals surface area contributed by atoms with Crippen molar-refractivity contribution in [2.75, 3.05) is 24.5 Å². The van der Waals surface area contributed by atoms with Crippen molar-refractivity contribution in [3.05, 3.63) is 92.0 Å². The van der Waals surface area contributed by atoms with Crippen molar-refractivity contribution in [2.24, 2.45) is 10.2 Å². The molecule has 3 aromatic carbocycles. The molecule has 0 saturated heterocycles. The normalized spacial score (nSPS) is 12.6. The lowest BCUT2D eigenvalue weighted by Gasteiger charge is -2.24. The van der Waals surface area contributed by atoms with E-state index in [1.54, 1.807) is 30.3 Å². The van der Waals surface area contributed by atoms with Gasteiger partial charge >= 0.3 is 0 Å². The number of hydrogen-bond acceptors (Lipinski definition) is 8. The highest BCUT2D eigenvalue weighted by Gasteiger charge is 2.34. The van der Waals surface area contributed by atoms with Crippen molar-refractivity contribution in [1.82, 2.24) is 4.90 Å². The molecule has 0 radical (unpaired) electrons. The van der Waals surface area contributed by atoms with Crippen LogP contribution in [0.5, 0.6) is 0 Å². The van der Waals surface area contributed by atoms with Crippen LogP contribution >= 0.6 is 11.6 Å². The smallest absolute Gasteiger partial charge is 0.272 e. The predicted molar refractivity (Wildman–Crippen MR) is 147 cm³/mol. The Morgan fingerprint density at radius 3 is 2.33 bits per heavy atom. The molecule has 0 atom stereocenters. The number of carbonyl (C=O) groups is 2. The Morgan fingerprint density at radius 1 is 1.05 bits per heavy atom. The first-order valence-electron chi connectivity index (χ1n) is 12.4. The van der Waals surface area contributed by atoms with E-state index in [1.165, 1.54) is 4.90 Å². The number of imide groups is 1. The van der Waals surface area contributed by atoms with Crippen LogP contribution in [0, 0.1) is 28.4 Å². The minimum absolute atomic E-state index is 0.0304. The molecule has 0 saturated carbocycles. The number of nitrogens with zero attached hydrogens (tertiary/aromatic N) is 6. The number of rotatable bonds is 10. The first-order chi connectivity index (χ1) is 18.7. The maximum Gasteiger partial charge on any atom is 0.272 e. The Morgan fingerprint density at radius 2 is 1.74 bits per heavy atom. The number of nitro benzene ring substituents is 1. The van der Waals surface area contributed by atoms with Crippen LogP contribution in [0.1, 0.15) is 51.6 Å². The summed E-state index contributed by atoms with van der Waals surface area (Å²) in [6, 6.07) is 16.7. The zero-order valence-corrected chi connectivity index (χ0v) is 22.2. The predicted octanol–water partition coefficient (Wildman–Crippen LogP) is 6.75. The summed E-state index contributed by atoms with van der Waals surface area (Å²) in [6.45, 7) is 5.81. The lowest BCUT2D eigenvalue weighted by molar-refractivity contribution is -0.384. The van der Waals surface area contributed by atoms with Gasteiger partial charge in [-0.3, -0.25) is 24.6 Å². The van der Waals surface area contributed by atoms with E-state index >= 15 is 0 Å². The van der Waals surface area contributed by atoms with Crippen LogP contribution in [0.2, 0.25) is 5.02 Å². The number of amides is 2. The summed E-state index contributed by atoms with van der Waals surface area (Å²) in [5.74, 6) is -0.472. The van der Waals surface area contributed by atoms with E-state index in [2.05, 4.69) is 15.1 Å². The number of fused-ring (bicyclic) bond motifs is 1. The Kier molecular flexibility index (Phi) is 8.32. The molecular formula is C28H25ClN6O4. The summed E-state index contributed by atoms with van der Waals surface area (Å²) in [6.07, 6.45) is 1.47. The van der Waals surface area contributed by atoms with E-state index in [1.807, 2.05) is 32.0 Å². The molecule has 1 aliphatic rings. The number of benzene rings is 3. The van der Waals surface area contributed by atoms with E-state index in [9.17, 15) is 25.0 Å². The third-order valence-corrected chi connectivity index (χ3v) is 6.79. The van der Waals surface area contributed by atoms with Crippen LogP contribution in [-0.4, -0.2) is 41.3 Å².